The minimum atomic E-state index is -1.19. The highest BCUT2D eigenvalue weighted by Crippen LogP contribution is 2.09. The van der Waals surface area contributed by atoms with Crippen LogP contribution in [0, 0.1) is 0 Å². The zero-order valence-electron chi connectivity index (χ0n) is 14.2. The van der Waals surface area contributed by atoms with Crippen LogP contribution in [0.25, 0.3) is 0 Å². The summed E-state index contributed by atoms with van der Waals surface area (Å²) in [6, 6.07) is 0. The van der Waals surface area contributed by atoms with E-state index < -0.39 is 16.0 Å². The van der Waals surface area contributed by atoms with Crippen molar-refractivity contribution in [3.8, 4) is 0 Å². The monoisotopic (exact) mass is 318 g/mol. The first kappa shape index (κ1) is 20.1. The van der Waals surface area contributed by atoms with Gasteiger partial charge in [-0.1, -0.05) is 6.92 Å². The lowest BCUT2D eigenvalue weighted by Gasteiger charge is -2.26. The molecular formula is C15H30N2O3S. The zero-order chi connectivity index (χ0) is 16.6. The normalized spacial score (nSPS) is 14.4. The van der Waals surface area contributed by atoms with E-state index in [0.29, 0.717) is 25.0 Å². The molecule has 21 heavy (non-hydrogen) atoms. The van der Waals surface area contributed by atoms with Gasteiger partial charge in [0, 0.05) is 42.6 Å². The van der Waals surface area contributed by atoms with Crippen molar-refractivity contribution in [3.63, 3.8) is 0 Å². The van der Waals surface area contributed by atoms with Gasteiger partial charge in [0.1, 0.15) is 5.25 Å². The summed E-state index contributed by atoms with van der Waals surface area (Å²) in [5.74, 6) is 0.378. The third-order valence-electron chi connectivity index (χ3n) is 3.59. The molecule has 0 bridgehead atoms. The summed E-state index contributed by atoms with van der Waals surface area (Å²) in [6.07, 6.45) is 2.69. The number of amides is 2. The first-order valence-electron chi connectivity index (χ1n) is 7.50. The first-order chi connectivity index (χ1) is 9.60. The van der Waals surface area contributed by atoms with E-state index >= 15 is 0 Å². The number of hydrogen-bond acceptors (Lipinski definition) is 3. The Morgan fingerprint density at radius 2 is 1.81 bits per heavy atom. The predicted molar refractivity (Wildman–Crippen MR) is 87.5 cm³/mol. The van der Waals surface area contributed by atoms with Crippen molar-refractivity contribution in [1.82, 2.24) is 10.2 Å². The van der Waals surface area contributed by atoms with E-state index in [-0.39, 0.29) is 17.4 Å². The van der Waals surface area contributed by atoms with Crippen molar-refractivity contribution >= 4 is 22.6 Å². The number of nitrogens with one attached hydrogen (secondary N) is 1. The van der Waals surface area contributed by atoms with Crippen molar-refractivity contribution in [2.75, 3.05) is 19.8 Å². The van der Waals surface area contributed by atoms with Crippen LogP contribution in [0.1, 0.15) is 53.4 Å². The highest BCUT2D eigenvalue weighted by Gasteiger charge is 2.25. The van der Waals surface area contributed by atoms with Crippen LogP contribution in [0.2, 0.25) is 0 Å². The van der Waals surface area contributed by atoms with E-state index in [1.807, 2.05) is 20.8 Å². The number of carbonyl (C=O) groups is 2. The van der Waals surface area contributed by atoms with Gasteiger partial charge in [0.15, 0.2) is 0 Å². The molecule has 0 unspecified atom stereocenters. The van der Waals surface area contributed by atoms with Crippen LogP contribution >= 0.6 is 0 Å². The average Bonchev–Trinajstić information content (AvgIpc) is 2.41. The number of carbonyl (C=O) groups excluding carboxylic acids is 2. The molecule has 0 aromatic heterocycles. The molecule has 0 rings (SSSR count). The summed E-state index contributed by atoms with van der Waals surface area (Å²) in [5, 5.41) is 2.40. The van der Waals surface area contributed by atoms with Gasteiger partial charge >= 0.3 is 0 Å². The van der Waals surface area contributed by atoms with Gasteiger partial charge in [0.05, 0.1) is 0 Å². The van der Waals surface area contributed by atoms with Gasteiger partial charge in [-0.3, -0.25) is 13.8 Å². The lowest BCUT2D eigenvalue weighted by atomic mass is 10.0. The lowest BCUT2D eigenvalue weighted by Crippen LogP contribution is -2.48. The third-order valence-corrected chi connectivity index (χ3v) is 5.29. The molecule has 124 valence electrons. The Morgan fingerprint density at radius 3 is 2.29 bits per heavy atom. The third kappa shape index (κ3) is 8.19. The van der Waals surface area contributed by atoms with Crippen LogP contribution in [0.5, 0.6) is 0 Å². The SMILES string of the molecule is CCC(C)(C)NC(=O)[C@H](C)[S@](=O)CCCCC(=O)N(C)C. The second-order valence-corrected chi connectivity index (χ2v) is 8.08. The first-order valence-corrected chi connectivity index (χ1v) is 8.88. The van der Waals surface area contributed by atoms with Gasteiger partial charge < -0.3 is 10.2 Å². The Bertz CT molecular complexity index is 381. The van der Waals surface area contributed by atoms with E-state index in [0.717, 1.165) is 6.42 Å². The Labute approximate surface area is 131 Å². The molecule has 0 heterocycles. The van der Waals surface area contributed by atoms with E-state index in [4.69, 9.17) is 0 Å². The minimum Gasteiger partial charge on any atom is -0.350 e. The van der Waals surface area contributed by atoms with Gasteiger partial charge in [-0.15, -0.1) is 0 Å². The fraction of sp³-hybridized carbons (Fsp3) is 0.867. The summed E-state index contributed by atoms with van der Waals surface area (Å²) < 4.78 is 12.1. The summed E-state index contributed by atoms with van der Waals surface area (Å²) in [7, 11) is 2.26. The molecule has 2 amide bonds. The molecule has 0 aliphatic heterocycles. The molecule has 0 aliphatic carbocycles. The number of hydrogen-bond donors (Lipinski definition) is 1. The quantitative estimate of drug-likeness (QED) is 0.658. The fourth-order valence-electron chi connectivity index (χ4n) is 1.56. The molecule has 6 heteroatoms. The van der Waals surface area contributed by atoms with Gasteiger partial charge in [-0.25, -0.2) is 0 Å². The maximum atomic E-state index is 12.1. The largest absolute Gasteiger partial charge is 0.350 e. The van der Waals surface area contributed by atoms with E-state index in [1.54, 1.807) is 25.9 Å². The Hall–Kier alpha value is -0.910. The molecule has 0 aromatic carbocycles. The van der Waals surface area contributed by atoms with E-state index in [1.165, 1.54) is 0 Å². The van der Waals surface area contributed by atoms with Gasteiger partial charge in [0.25, 0.3) is 0 Å². The second kappa shape index (κ2) is 9.18. The van der Waals surface area contributed by atoms with Crippen LogP contribution in [-0.4, -0.2) is 51.6 Å². The second-order valence-electron chi connectivity index (χ2n) is 6.20. The molecule has 0 aromatic rings. The molecular weight excluding hydrogens is 288 g/mol. The minimum absolute atomic E-state index is 0.0799. The van der Waals surface area contributed by atoms with Crippen LogP contribution in [0.15, 0.2) is 0 Å². The molecule has 0 radical (unpaired) electrons. The van der Waals surface area contributed by atoms with Crippen LogP contribution in [-0.2, 0) is 20.4 Å². The van der Waals surface area contributed by atoms with Crippen molar-refractivity contribution < 1.29 is 13.8 Å². The topological polar surface area (TPSA) is 66.5 Å². The maximum absolute atomic E-state index is 12.1. The fourth-order valence-corrected chi connectivity index (χ4v) is 2.70. The van der Waals surface area contributed by atoms with Crippen LogP contribution < -0.4 is 5.32 Å². The summed E-state index contributed by atoms with van der Waals surface area (Å²) in [5.41, 5.74) is -0.270. The predicted octanol–water partition coefficient (Wildman–Crippen LogP) is 1.69. The highest BCUT2D eigenvalue weighted by atomic mass is 32.2. The van der Waals surface area contributed by atoms with E-state index in [9.17, 15) is 13.8 Å². The van der Waals surface area contributed by atoms with Gasteiger partial charge in [-0.05, 0) is 40.0 Å². The molecule has 1 N–H and O–H groups in total. The molecule has 0 aliphatic rings. The maximum Gasteiger partial charge on any atom is 0.235 e. The van der Waals surface area contributed by atoms with Gasteiger partial charge in [0.2, 0.25) is 11.8 Å². The zero-order valence-corrected chi connectivity index (χ0v) is 15.0. The molecule has 0 saturated carbocycles. The molecule has 0 saturated heterocycles. The van der Waals surface area contributed by atoms with Crippen molar-refractivity contribution in [2.45, 2.75) is 64.2 Å². The number of unbranched alkanes of at least 4 members (excludes halogenated alkanes) is 1. The molecule has 0 spiro atoms. The average molecular weight is 318 g/mol. The molecule has 2 atom stereocenters. The van der Waals surface area contributed by atoms with E-state index in [2.05, 4.69) is 5.32 Å². The Balaban J connectivity index is 4.11. The summed E-state index contributed by atoms with van der Waals surface area (Å²) >= 11 is 0. The van der Waals surface area contributed by atoms with Crippen molar-refractivity contribution in [1.29, 1.82) is 0 Å². The highest BCUT2D eigenvalue weighted by molar-refractivity contribution is 7.86. The summed E-state index contributed by atoms with van der Waals surface area (Å²) in [4.78, 5) is 25.0. The molecule has 5 nitrogen and oxygen atoms in total. The molecule has 0 fully saturated rings. The Kier molecular flexibility index (Phi) is 8.78. The van der Waals surface area contributed by atoms with Crippen molar-refractivity contribution in [3.05, 3.63) is 0 Å². The van der Waals surface area contributed by atoms with Crippen molar-refractivity contribution in [2.24, 2.45) is 0 Å². The Morgan fingerprint density at radius 1 is 1.24 bits per heavy atom. The standard InChI is InChI=1S/C15H30N2O3S/c1-7-15(3,4)16-14(19)12(2)21(20)11-9-8-10-13(18)17(5)6/h12H,7-11H2,1-6H3,(H,16,19)/t12-,21+/m0/s1. The van der Waals surface area contributed by atoms with Gasteiger partial charge in [-0.2, -0.15) is 0 Å². The van der Waals surface area contributed by atoms with Crippen LogP contribution in [0.4, 0.5) is 0 Å². The number of nitrogens with zero attached hydrogens (tertiary/aromatic N) is 1. The summed E-state index contributed by atoms with van der Waals surface area (Å²) in [6.45, 7) is 7.60. The lowest BCUT2D eigenvalue weighted by molar-refractivity contribution is -0.128. The van der Waals surface area contributed by atoms with Crippen LogP contribution in [0.3, 0.4) is 0 Å². The smallest absolute Gasteiger partial charge is 0.235 e. The number of rotatable bonds is 9.